The fourth-order valence-corrected chi connectivity index (χ4v) is 4.83. The molecule has 0 bridgehead atoms. The maximum atomic E-state index is 5.61. The minimum Gasteiger partial charge on any atom is -0.374 e. The first-order valence-corrected chi connectivity index (χ1v) is 13.3. The normalized spacial score (nSPS) is 14.9. The van der Waals surface area contributed by atoms with Crippen LogP contribution in [0.2, 0.25) is 0 Å². The van der Waals surface area contributed by atoms with E-state index >= 15 is 0 Å². The van der Waals surface area contributed by atoms with Crippen LogP contribution in [-0.4, -0.2) is 45.2 Å². The van der Waals surface area contributed by atoms with Crippen molar-refractivity contribution in [2.75, 3.05) is 50.1 Å². The lowest BCUT2D eigenvalue weighted by atomic mass is 10.0. The number of hydrogen-bond donors (Lipinski definition) is 1. The molecule has 1 aliphatic rings. The molecule has 3 rings (SSSR count). The van der Waals surface area contributed by atoms with Crippen molar-refractivity contribution in [1.82, 2.24) is 4.90 Å². The number of likely N-dealkylation sites (tertiary alicyclic amines) is 1. The zero-order valence-electron chi connectivity index (χ0n) is 22.7. The molecule has 1 aliphatic heterocycles. The van der Waals surface area contributed by atoms with Crippen molar-refractivity contribution < 1.29 is 0 Å². The van der Waals surface area contributed by atoms with Crippen molar-refractivity contribution in [2.45, 2.75) is 39.5 Å². The Bertz CT molecular complexity index is 1070. The first-order valence-electron chi connectivity index (χ1n) is 13.3. The largest absolute Gasteiger partial charge is 0.374 e. The molecule has 1 saturated heterocycles. The summed E-state index contributed by atoms with van der Waals surface area (Å²) in [6.45, 7) is 12.2. The number of benzene rings is 2. The zero-order valence-corrected chi connectivity index (χ0v) is 22.7. The second-order valence-corrected chi connectivity index (χ2v) is 9.39. The Balaban J connectivity index is 1.98. The molecule has 36 heavy (non-hydrogen) atoms. The number of nitrogens with two attached hydrogens (primary N) is 1. The standard InChI is InChI=1S/C32H44N4/c1-6-14-32(36-23-12-9-13-24-36)29-25-28(20-21-31(29)34(4)8-3)35(5)30(7-2)27-18-16-26(17-19-27)15-10-11-22-33/h6-7,10,14-21,25H,1,8-9,11-13,22-24,33H2,2-5H3/b15-10+,30-7+,32-14+. The molecule has 1 heterocycles. The van der Waals surface area contributed by atoms with Crippen molar-refractivity contribution in [2.24, 2.45) is 5.73 Å². The van der Waals surface area contributed by atoms with Crippen molar-refractivity contribution in [3.8, 4) is 0 Å². The summed E-state index contributed by atoms with van der Waals surface area (Å²) in [6.07, 6.45) is 15.3. The third-order valence-corrected chi connectivity index (χ3v) is 6.99. The summed E-state index contributed by atoms with van der Waals surface area (Å²) in [5.41, 5.74) is 14.1. The van der Waals surface area contributed by atoms with Gasteiger partial charge in [-0.15, -0.1) is 0 Å². The highest BCUT2D eigenvalue weighted by Gasteiger charge is 2.20. The molecule has 4 heteroatoms. The number of hydrogen-bond acceptors (Lipinski definition) is 4. The Morgan fingerprint density at radius 1 is 1.06 bits per heavy atom. The summed E-state index contributed by atoms with van der Waals surface area (Å²) in [5.74, 6) is 0. The van der Waals surface area contributed by atoms with Gasteiger partial charge in [-0.05, 0) is 81.5 Å². The predicted molar refractivity (Wildman–Crippen MR) is 160 cm³/mol. The molecule has 0 saturated carbocycles. The molecule has 0 aliphatic carbocycles. The number of allylic oxidation sites excluding steroid dienone is 3. The lowest BCUT2D eigenvalue weighted by Crippen LogP contribution is -2.29. The SMILES string of the molecule is C=C/C=C(\c1cc(N(C)/C(=C/C)c2ccc(/C=C/CCN)cc2)ccc1N(C)CC)N1CCCCC1. The van der Waals surface area contributed by atoms with Gasteiger partial charge in [-0.25, -0.2) is 0 Å². The molecular weight excluding hydrogens is 440 g/mol. The fourth-order valence-electron chi connectivity index (χ4n) is 4.83. The Kier molecular flexibility index (Phi) is 10.4. The molecule has 0 spiro atoms. The summed E-state index contributed by atoms with van der Waals surface area (Å²) < 4.78 is 0. The van der Waals surface area contributed by atoms with Crippen molar-refractivity contribution in [3.05, 3.63) is 90.0 Å². The Morgan fingerprint density at radius 3 is 2.39 bits per heavy atom. The van der Waals surface area contributed by atoms with E-state index in [1.165, 1.54) is 58.7 Å². The van der Waals surface area contributed by atoms with Crippen LogP contribution in [0.5, 0.6) is 0 Å². The third kappa shape index (κ3) is 6.70. The lowest BCUT2D eigenvalue weighted by molar-refractivity contribution is 0.326. The van der Waals surface area contributed by atoms with E-state index in [0.29, 0.717) is 6.54 Å². The first-order chi connectivity index (χ1) is 17.5. The van der Waals surface area contributed by atoms with Crippen LogP contribution in [0.1, 0.15) is 56.2 Å². The molecule has 2 aromatic carbocycles. The summed E-state index contributed by atoms with van der Waals surface area (Å²) in [5, 5.41) is 0. The van der Waals surface area contributed by atoms with Crippen molar-refractivity contribution in [3.63, 3.8) is 0 Å². The summed E-state index contributed by atoms with van der Waals surface area (Å²) in [7, 11) is 4.33. The first kappa shape index (κ1) is 27.3. The maximum Gasteiger partial charge on any atom is 0.0461 e. The van der Waals surface area contributed by atoms with E-state index in [0.717, 1.165) is 26.1 Å². The van der Waals surface area contributed by atoms with E-state index in [2.05, 4.69) is 116 Å². The van der Waals surface area contributed by atoms with Gasteiger partial charge in [0.1, 0.15) is 0 Å². The average molecular weight is 485 g/mol. The molecule has 1 fully saturated rings. The molecule has 192 valence electrons. The highest BCUT2D eigenvalue weighted by Crippen LogP contribution is 2.36. The maximum absolute atomic E-state index is 5.61. The molecule has 0 amide bonds. The molecule has 4 nitrogen and oxygen atoms in total. The van der Waals surface area contributed by atoms with Crippen LogP contribution in [0.3, 0.4) is 0 Å². The van der Waals surface area contributed by atoms with E-state index in [-0.39, 0.29) is 0 Å². The predicted octanol–water partition coefficient (Wildman–Crippen LogP) is 7.01. The zero-order chi connectivity index (χ0) is 25.9. The van der Waals surface area contributed by atoms with Gasteiger partial charge in [0.15, 0.2) is 0 Å². The molecule has 2 aromatic rings. The van der Waals surface area contributed by atoms with Gasteiger partial charge in [-0.3, -0.25) is 0 Å². The molecule has 0 unspecified atom stereocenters. The molecule has 0 radical (unpaired) electrons. The number of rotatable bonds is 11. The molecule has 0 atom stereocenters. The van der Waals surface area contributed by atoms with Crippen molar-refractivity contribution >= 4 is 28.8 Å². The summed E-state index contributed by atoms with van der Waals surface area (Å²) >= 11 is 0. The Morgan fingerprint density at radius 2 is 1.78 bits per heavy atom. The van der Waals surface area contributed by atoms with Crippen LogP contribution >= 0.6 is 0 Å². The average Bonchev–Trinajstić information content (AvgIpc) is 2.92. The number of nitrogens with zero attached hydrogens (tertiary/aromatic N) is 3. The van der Waals surface area contributed by atoms with Gasteiger partial charge in [0.05, 0.1) is 0 Å². The van der Waals surface area contributed by atoms with Crippen molar-refractivity contribution in [1.29, 1.82) is 0 Å². The van der Waals surface area contributed by atoms with Gasteiger partial charge in [0.25, 0.3) is 0 Å². The van der Waals surface area contributed by atoms with E-state index in [1.807, 2.05) is 6.08 Å². The molecular formula is C32H44N4. The topological polar surface area (TPSA) is 35.7 Å². The van der Waals surface area contributed by atoms with E-state index in [9.17, 15) is 0 Å². The second-order valence-electron chi connectivity index (χ2n) is 9.39. The second kappa shape index (κ2) is 13.7. The van der Waals surface area contributed by atoms with Gasteiger partial charge in [0, 0.05) is 62.1 Å². The van der Waals surface area contributed by atoms with E-state index < -0.39 is 0 Å². The molecule has 2 N–H and O–H groups in total. The number of anilines is 2. The monoisotopic (exact) mass is 484 g/mol. The Labute approximate surface area is 219 Å². The van der Waals surface area contributed by atoms with Crippen LogP contribution in [0.15, 0.2) is 73.3 Å². The van der Waals surface area contributed by atoms with Crippen LogP contribution in [-0.2, 0) is 0 Å². The quantitative estimate of drug-likeness (QED) is 0.348. The highest BCUT2D eigenvalue weighted by atomic mass is 15.2. The highest BCUT2D eigenvalue weighted by molar-refractivity contribution is 5.84. The van der Waals surface area contributed by atoms with Gasteiger partial charge in [0.2, 0.25) is 0 Å². The lowest BCUT2D eigenvalue weighted by Gasteiger charge is -2.34. The minimum absolute atomic E-state index is 0.679. The number of piperidine rings is 1. The van der Waals surface area contributed by atoms with Gasteiger partial charge >= 0.3 is 0 Å². The van der Waals surface area contributed by atoms with Gasteiger partial charge in [-0.1, -0.05) is 55.1 Å². The summed E-state index contributed by atoms with van der Waals surface area (Å²) in [4.78, 5) is 7.15. The summed E-state index contributed by atoms with van der Waals surface area (Å²) in [6, 6.07) is 15.6. The van der Waals surface area contributed by atoms with Crippen LogP contribution in [0, 0.1) is 0 Å². The molecule has 0 aromatic heterocycles. The van der Waals surface area contributed by atoms with E-state index in [4.69, 9.17) is 5.73 Å². The minimum atomic E-state index is 0.679. The van der Waals surface area contributed by atoms with Crippen LogP contribution < -0.4 is 15.5 Å². The van der Waals surface area contributed by atoms with E-state index in [1.54, 1.807) is 0 Å². The van der Waals surface area contributed by atoms with Gasteiger partial charge < -0.3 is 20.4 Å². The third-order valence-electron chi connectivity index (χ3n) is 6.99. The van der Waals surface area contributed by atoms with Gasteiger partial charge in [-0.2, -0.15) is 0 Å². The smallest absolute Gasteiger partial charge is 0.0461 e. The fraction of sp³-hybridized carbons (Fsp3) is 0.375. The van der Waals surface area contributed by atoms with Crippen LogP contribution in [0.25, 0.3) is 17.5 Å². The van der Waals surface area contributed by atoms with Crippen LogP contribution in [0.4, 0.5) is 11.4 Å². The Hall–Kier alpha value is -3.24.